The number of aromatic nitrogens is 3. The van der Waals surface area contributed by atoms with Crippen molar-refractivity contribution in [3.63, 3.8) is 0 Å². The Balaban J connectivity index is 1.60. The number of hydrogen-bond acceptors (Lipinski definition) is 1. The normalized spacial score (nSPS) is 11.7. The number of hydrogen-bond donors (Lipinski definition) is 0. The second-order valence-electron chi connectivity index (χ2n) is 10.2. The minimum atomic E-state index is 1.07. The van der Waals surface area contributed by atoms with Crippen molar-refractivity contribution in [3.05, 3.63) is 140 Å². The molecule has 40 heavy (non-hydrogen) atoms. The van der Waals surface area contributed by atoms with E-state index in [2.05, 4.69) is 130 Å². The molecule has 0 fully saturated rings. The molecule has 0 aliphatic heterocycles. The van der Waals surface area contributed by atoms with Crippen LogP contribution >= 0.6 is 0 Å². The van der Waals surface area contributed by atoms with Gasteiger partial charge in [-0.1, -0.05) is 86.0 Å². The molecule has 0 N–H and O–H groups in total. The third-order valence-corrected chi connectivity index (χ3v) is 8.14. The highest BCUT2D eigenvalue weighted by molar-refractivity contribution is 6.20. The van der Waals surface area contributed by atoms with Crippen LogP contribution in [-0.4, -0.2) is 14.1 Å². The van der Waals surface area contributed by atoms with Crippen LogP contribution in [0.5, 0.6) is 0 Å². The topological polar surface area (TPSA) is 22.8 Å². The van der Waals surface area contributed by atoms with Crippen molar-refractivity contribution in [1.82, 2.24) is 14.1 Å². The van der Waals surface area contributed by atoms with Gasteiger partial charge in [0, 0.05) is 50.6 Å². The van der Waals surface area contributed by atoms with Gasteiger partial charge in [-0.2, -0.15) is 0 Å². The van der Waals surface area contributed by atoms with Crippen LogP contribution in [0, 0.1) is 0 Å². The third-order valence-electron chi connectivity index (χ3n) is 8.14. The molecule has 0 atom stereocenters. The molecule has 3 heteroatoms. The minimum absolute atomic E-state index is 1.07. The standard InChI is InChI=1S/C37H25N3/c1-3-24-17-18-29-31-22-36-30(21-35(31)39(37(29)27(24)4-2)26-12-6-5-7-13-26)28-14-8-9-15-33(28)40(36)34-16-10-11-25-19-20-38-23-32(25)34/h3-23H,1-2H2. The zero-order valence-corrected chi connectivity index (χ0v) is 21.9. The van der Waals surface area contributed by atoms with Gasteiger partial charge in [-0.15, -0.1) is 0 Å². The first-order chi connectivity index (χ1) is 19.8. The van der Waals surface area contributed by atoms with Crippen LogP contribution < -0.4 is 0 Å². The van der Waals surface area contributed by atoms with Gasteiger partial charge in [0.25, 0.3) is 0 Å². The molecule has 8 rings (SSSR count). The van der Waals surface area contributed by atoms with Gasteiger partial charge in [-0.05, 0) is 53.4 Å². The Hall–Kier alpha value is -5.41. The molecule has 0 saturated heterocycles. The van der Waals surface area contributed by atoms with E-state index in [4.69, 9.17) is 0 Å². The summed E-state index contributed by atoms with van der Waals surface area (Å²) in [7, 11) is 0. The number of nitrogens with zero attached hydrogens (tertiary/aromatic N) is 3. The predicted octanol–water partition coefficient (Wildman–Crippen LogP) is 9.71. The summed E-state index contributed by atoms with van der Waals surface area (Å²) >= 11 is 0. The zero-order chi connectivity index (χ0) is 26.8. The molecule has 3 aromatic heterocycles. The summed E-state index contributed by atoms with van der Waals surface area (Å²) in [5.41, 5.74) is 9.07. The van der Waals surface area contributed by atoms with Crippen LogP contribution in [0.15, 0.2) is 129 Å². The fourth-order valence-corrected chi connectivity index (χ4v) is 6.40. The van der Waals surface area contributed by atoms with E-state index in [-0.39, 0.29) is 0 Å². The minimum Gasteiger partial charge on any atom is -0.309 e. The first-order valence-electron chi connectivity index (χ1n) is 13.5. The summed E-state index contributed by atoms with van der Waals surface area (Å²) in [5.74, 6) is 0. The summed E-state index contributed by atoms with van der Waals surface area (Å²) in [4.78, 5) is 4.47. The highest BCUT2D eigenvalue weighted by Gasteiger charge is 2.20. The third kappa shape index (κ3) is 3.03. The first-order valence-corrected chi connectivity index (χ1v) is 13.5. The largest absolute Gasteiger partial charge is 0.309 e. The summed E-state index contributed by atoms with van der Waals surface area (Å²) in [5, 5.41) is 7.14. The second-order valence-corrected chi connectivity index (χ2v) is 10.2. The van der Waals surface area contributed by atoms with Gasteiger partial charge in [0.2, 0.25) is 0 Å². The Morgan fingerprint density at radius 2 is 1.35 bits per heavy atom. The fourth-order valence-electron chi connectivity index (χ4n) is 6.40. The Morgan fingerprint density at radius 1 is 0.575 bits per heavy atom. The van der Waals surface area contributed by atoms with Crippen LogP contribution in [0.25, 0.3) is 77.9 Å². The molecular weight excluding hydrogens is 486 g/mol. The van der Waals surface area contributed by atoms with E-state index >= 15 is 0 Å². The quantitative estimate of drug-likeness (QED) is 0.231. The Bertz CT molecular complexity index is 2290. The summed E-state index contributed by atoms with van der Waals surface area (Å²) in [6, 6.07) is 36.9. The summed E-state index contributed by atoms with van der Waals surface area (Å²) in [6.07, 6.45) is 7.69. The van der Waals surface area contributed by atoms with Crippen LogP contribution in [0.2, 0.25) is 0 Å². The van der Waals surface area contributed by atoms with Crippen molar-refractivity contribution in [2.24, 2.45) is 0 Å². The molecule has 0 saturated carbocycles. The van der Waals surface area contributed by atoms with Crippen LogP contribution in [0.4, 0.5) is 0 Å². The van der Waals surface area contributed by atoms with Gasteiger partial charge in [-0.3, -0.25) is 4.98 Å². The Labute approximate surface area is 231 Å². The Morgan fingerprint density at radius 3 is 2.17 bits per heavy atom. The van der Waals surface area contributed by atoms with Gasteiger partial charge in [0.05, 0.1) is 27.8 Å². The number of para-hydroxylation sites is 2. The van der Waals surface area contributed by atoms with Crippen LogP contribution in [-0.2, 0) is 0 Å². The lowest BCUT2D eigenvalue weighted by Gasteiger charge is -2.12. The van der Waals surface area contributed by atoms with E-state index < -0.39 is 0 Å². The molecule has 8 aromatic rings. The maximum Gasteiger partial charge on any atom is 0.0619 e. The maximum absolute atomic E-state index is 4.47. The molecule has 0 amide bonds. The van der Waals surface area contributed by atoms with E-state index in [1.54, 1.807) is 0 Å². The molecular formula is C37H25N3. The summed E-state index contributed by atoms with van der Waals surface area (Å²) < 4.78 is 4.77. The number of fused-ring (bicyclic) bond motifs is 7. The van der Waals surface area contributed by atoms with Gasteiger partial charge >= 0.3 is 0 Å². The molecule has 188 valence electrons. The van der Waals surface area contributed by atoms with Crippen molar-refractivity contribution < 1.29 is 0 Å². The van der Waals surface area contributed by atoms with Crippen molar-refractivity contribution in [3.8, 4) is 11.4 Å². The van der Waals surface area contributed by atoms with E-state index in [1.807, 2.05) is 24.5 Å². The van der Waals surface area contributed by atoms with E-state index in [1.165, 1.54) is 43.5 Å². The first kappa shape index (κ1) is 22.6. The summed E-state index contributed by atoms with van der Waals surface area (Å²) in [6.45, 7) is 8.27. The van der Waals surface area contributed by atoms with Crippen molar-refractivity contribution in [1.29, 1.82) is 0 Å². The van der Waals surface area contributed by atoms with Crippen LogP contribution in [0.1, 0.15) is 11.1 Å². The molecule has 0 radical (unpaired) electrons. The second kappa shape index (κ2) is 8.55. The smallest absolute Gasteiger partial charge is 0.0619 e. The predicted molar refractivity (Wildman–Crippen MR) is 171 cm³/mol. The SMILES string of the molecule is C=Cc1ccc2c3cc4c(cc3n(-c3ccccc3)c2c1C=C)c1ccccc1n4-c1cccc2ccncc12. The number of benzene rings is 5. The number of pyridine rings is 1. The zero-order valence-electron chi connectivity index (χ0n) is 21.9. The fraction of sp³-hybridized carbons (Fsp3) is 0. The average molecular weight is 512 g/mol. The molecule has 0 bridgehead atoms. The van der Waals surface area contributed by atoms with Gasteiger partial charge in [0.15, 0.2) is 0 Å². The monoisotopic (exact) mass is 511 g/mol. The van der Waals surface area contributed by atoms with E-state index in [0.29, 0.717) is 0 Å². The Kier molecular flexibility index (Phi) is 4.82. The lowest BCUT2D eigenvalue weighted by molar-refractivity contribution is 1.18. The average Bonchev–Trinajstić information content (AvgIpc) is 3.51. The highest BCUT2D eigenvalue weighted by Crippen LogP contribution is 2.42. The van der Waals surface area contributed by atoms with E-state index in [0.717, 1.165) is 33.4 Å². The van der Waals surface area contributed by atoms with Crippen molar-refractivity contribution >= 4 is 66.5 Å². The highest BCUT2D eigenvalue weighted by atomic mass is 15.0. The van der Waals surface area contributed by atoms with Crippen molar-refractivity contribution in [2.75, 3.05) is 0 Å². The molecule has 3 nitrogen and oxygen atoms in total. The molecule has 3 heterocycles. The lowest BCUT2D eigenvalue weighted by atomic mass is 10.0. The lowest BCUT2D eigenvalue weighted by Crippen LogP contribution is -1.96. The van der Waals surface area contributed by atoms with Gasteiger partial charge in [-0.25, -0.2) is 0 Å². The molecule has 0 aliphatic carbocycles. The molecule has 0 aliphatic rings. The van der Waals surface area contributed by atoms with Crippen molar-refractivity contribution in [2.45, 2.75) is 0 Å². The van der Waals surface area contributed by atoms with Crippen LogP contribution in [0.3, 0.4) is 0 Å². The van der Waals surface area contributed by atoms with E-state index in [9.17, 15) is 0 Å². The van der Waals surface area contributed by atoms with Gasteiger partial charge < -0.3 is 9.13 Å². The molecule has 5 aromatic carbocycles. The van der Waals surface area contributed by atoms with Gasteiger partial charge in [0.1, 0.15) is 0 Å². The maximum atomic E-state index is 4.47. The molecule has 0 unspecified atom stereocenters. The number of rotatable bonds is 4. The molecule has 0 spiro atoms.